The van der Waals surface area contributed by atoms with E-state index in [0.29, 0.717) is 35.5 Å². The van der Waals surface area contributed by atoms with Crippen LogP contribution >= 0.6 is 24.6 Å². The highest BCUT2D eigenvalue weighted by Crippen LogP contribution is 2.65. The molecule has 0 bridgehead atoms. The quantitative estimate of drug-likeness (QED) is 0.510. The van der Waals surface area contributed by atoms with Gasteiger partial charge in [0, 0.05) is 37.5 Å². The van der Waals surface area contributed by atoms with Gasteiger partial charge in [-0.3, -0.25) is 14.5 Å². The van der Waals surface area contributed by atoms with Crippen molar-refractivity contribution in [2.24, 2.45) is 34.5 Å². The topological polar surface area (TPSA) is 55.9 Å². The summed E-state index contributed by atoms with van der Waals surface area (Å²) in [5, 5.41) is 3.83. The summed E-state index contributed by atoms with van der Waals surface area (Å²) in [7, 11) is 6.12. The van der Waals surface area contributed by atoms with Crippen LogP contribution in [0, 0.1) is 34.5 Å². The predicted molar refractivity (Wildman–Crippen MR) is 152 cm³/mol. The number of rotatable bonds is 6. The number of fused-ring (bicyclic) bond motifs is 5. The van der Waals surface area contributed by atoms with Crippen molar-refractivity contribution in [1.29, 1.82) is 0 Å². The highest BCUT2D eigenvalue weighted by atomic mass is 35.5. The van der Waals surface area contributed by atoms with Gasteiger partial charge in [-0.1, -0.05) is 19.9 Å². The number of nitrogens with zero attached hydrogens (tertiary/aromatic N) is 3. The zero-order chi connectivity index (χ0) is 25.5. The number of halogens is 1. The fourth-order valence-electron chi connectivity index (χ4n) is 8.44. The second-order valence-electron chi connectivity index (χ2n) is 12.3. The lowest BCUT2D eigenvalue weighted by atomic mass is 9.47. The largest absolute Gasteiger partial charge is 0.362 e. The molecule has 0 aromatic heterocycles. The van der Waals surface area contributed by atoms with E-state index < -0.39 is 0 Å². The first-order chi connectivity index (χ1) is 16.5. The number of hydrogen-bond acceptors (Lipinski definition) is 4. The average molecular weight is 539 g/mol. The van der Waals surface area contributed by atoms with E-state index in [0.717, 1.165) is 51.6 Å². The number of amides is 2. The molecular weight excluding hydrogens is 492 g/mol. The maximum absolute atomic E-state index is 14.1. The van der Waals surface area contributed by atoms with Crippen molar-refractivity contribution in [3.05, 3.63) is 12.2 Å². The molecule has 0 spiro atoms. The van der Waals surface area contributed by atoms with Crippen molar-refractivity contribution >= 4 is 41.6 Å². The Morgan fingerprint density at radius 3 is 2.53 bits per heavy atom. The third-order valence-corrected chi connectivity index (χ3v) is 10.6. The minimum Gasteiger partial charge on any atom is -0.362 e. The van der Waals surface area contributed by atoms with Crippen LogP contribution in [-0.4, -0.2) is 78.4 Å². The van der Waals surface area contributed by atoms with Crippen LogP contribution in [-0.2, 0) is 9.59 Å². The molecule has 36 heavy (non-hydrogen) atoms. The van der Waals surface area contributed by atoms with Gasteiger partial charge in [0.05, 0.1) is 0 Å². The van der Waals surface area contributed by atoms with Crippen LogP contribution in [0.3, 0.4) is 0 Å². The lowest BCUT2D eigenvalue weighted by molar-refractivity contribution is -0.145. The van der Waals surface area contributed by atoms with Gasteiger partial charge in [-0.25, -0.2) is 0 Å². The molecule has 1 aliphatic heterocycles. The number of nitrogens with one attached hydrogen (secondary N) is 1. The summed E-state index contributed by atoms with van der Waals surface area (Å²) in [6.45, 7) is 9.17. The number of likely N-dealkylation sites (N-methyl/N-ethyl adjacent to an activating group) is 1. The molecule has 0 aromatic carbocycles. The van der Waals surface area contributed by atoms with Crippen LogP contribution in [0.5, 0.6) is 0 Å². The van der Waals surface area contributed by atoms with Gasteiger partial charge in [-0.15, -0.1) is 12.4 Å². The zero-order valence-electron chi connectivity index (χ0n) is 23.1. The molecule has 0 radical (unpaired) electrons. The van der Waals surface area contributed by atoms with Gasteiger partial charge in [0.25, 0.3) is 0 Å². The molecule has 7 atom stereocenters. The van der Waals surface area contributed by atoms with E-state index in [1.165, 1.54) is 6.42 Å². The van der Waals surface area contributed by atoms with Crippen LogP contribution in [0.25, 0.3) is 0 Å². The molecule has 0 saturated heterocycles. The van der Waals surface area contributed by atoms with Crippen LogP contribution in [0.1, 0.15) is 65.7 Å². The highest BCUT2D eigenvalue weighted by molar-refractivity contribution is 7.80. The second-order valence-corrected chi connectivity index (χ2v) is 12.7. The summed E-state index contributed by atoms with van der Waals surface area (Å²) < 4.78 is 0. The van der Waals surface area contributed by atoms with Crippen molar-refractivity contribution in [3.8, 4) is 0 Å². The highest BCUT2D eigenvalue weighted by Gasteiger charge is 2.61. The number of carbonyl (C=O) groups is 2. The lowest BCUT2D eigenvalue weighted by Crippen LogP contribution is -2.60. The molecule has 1 heterocycles. The number of thiocarbonyl (C=S) groups is 1. The fourth-order valence-corrected chi connectivity index (χ4v) is 8.76. The Labute approximate surface area is 230 Å². The van der Waals surface area contributed by atoms with Gasteiger partial charge in [0.1, 0.15) is 0 Å². The van der Waals surface area contributed by atoms with E-state index in [4.69, 9.17) is 12.2 Å². The standard InChI is InChI=1S/C28H46N4O2S.ClH/c1-7-29-26(35)32(18-8-17-30(4)5)25(34)22-11-10-20-19-9-12-23-28(3,16-14-24(33)31(23)6)21(19)13-15-27(20,22)2;/h14,16,19-23H,7-13,15,17-18H2,1-6H3,(H,29,35);1H/t19-,20-,21+,22?,23?,27-,28+;/m0./s1. The van der Waals surface area contributed by atoms with Crippen molar-refractivity contribution in [1.82, 2.24) is 20.0 Å². The molecule has 0 aromatic rings. The van der Waals surface area contributed by atoms with Crippen LogP contribution < -0.4 is 5.32 Å². The van der Waals surface area contributed by atoms with E-state index in [1.807, 2.05) is 23.8 Å². The van der Waals surface area contributed by atoms with Gasteiger partial charge < -0.3 is 15.1 Å². The summed E-state index contributed by atoms with van der Waals surface area (Å²) in [6, 6.07) is 0.300. The normalized spacial score (nSPS) is 37.0. The third-order valence-electron chi connectivity index (χ3n) is 10.3. The van der Waals surface area contributed by atoms with Crippen molar-refractivity contribution in [2.75, 3.05) is 40.8 Å². The molecule has 204 valence electrons. The minimum absolute atomic E-state index is 0. The van der Waals surface area contributed by atoms with Gasteiger partial charge in [0.15, 0.2) is 5.11 Å². The molecule has 2 unspecified atom stereocenters. The predicted octanol–water partition coefficient (Wildman–Crippen LogP) is 4.34. The zero-order valence-corrected chi connectivity index (χ0v) is 24.7. The third kappa shape index (κ3) is 4.96. The van der Waals surface area contributed by atoms with Crippen LogP contribution in [0.4, 0.5) is 0 Å². The fraction of sp³-hybridized carbons (Fsp3) is 0.821. The maximum Gasteiger partial charge on any atom is 0.246 e. The summed E-state index contributed by atoms with van der Waals surface area (Å²) in [6.07, 6.45) is 11.5. The first-order valence-electron chi connectivity index (χ1n) is 13.7. The van der Waals surface area contributed by atoms with Gasteiger partial charge in [-0.05, 0) is 114 Å². The molecule has 3 aliphatic carbocycles. The molecule has 2 amide bonds. The van der Waals surface area contributed by atoms with Crippen LogP contribution in [0.15, 0.2) is 12.2 Å². The Bertz CT molecular complexity index is 882. The summed E-state index contributed by atoms with van der Waals surface area (Å²) in [5.74, 6) is 2.20. The first kappa shape index (κ1) is 29.4. The monoisotopic (exact) mass is 538 g/mol. The molecule has 3 fully saturated rings. The van der Waals surface area contributed by atoms with E-state index in [2.05, 4.69) is 44.2 Å². The summed E-state index contributed by atoms with van der Waals surface area (Å²) >= 11 is 5.68. The Balaban J connectivity index is 0.00000361. The molecular formula is C28H47ClN4O2S. The van der Waals surface area contributed by atoms with Crippen LogP contribution in [0.2, 0.25) is 0 Å². The van der Waals surface area contributed by atoms with E-state index in [-0.39, 0.29) is 41.0 Å². The van der Waals surface area contributed by atoms with Crippen molar-refractivity contribution in [3.63, 3.8) is 0 Å². The maximum atomic E-state index is 14.1. The second kappa shape index (κ2) is 11.3. The van der Waals surface area contributed by atoms with Crippen molar-refractivity contribution < 1.29 is 9.59 Å². The minimum atomic E-state index is 0. The molecule has 4 rings (SSSR count). The summed E-state index contributed by atoms with van der Waals surface area (Å²) in [4.78, 5) is 32.4. The van der Waals surface area contributed by atoms with Gasteiger partial charge in [0.2, 0.25) is 11.8 Å². The number of carbonyl (C=O) groups excluding carboxylic acids is 2. The molecule has 4 aliphatic rings. The lowest BCUT2D eigenvalue weighted by Gasteiger charge is -2.60. The molecule has 6 nitrogen and oxygen atoms in total. The average Bonchev–Trinajstić information content (AvgIpc) is 3.16. The molecule has 1 N–H and O–H groups in total. The van der Waals surface area contributed by atoms with E-state index in [1.54, 1.807) is 6.08 Å². The van der Waals surface area contributed by atoms with Crippen molar-refractivity contribution in [2.45, 2.75) is 71.8 Å². The van der Waals surface area contributed by atoms with Gasteiger partial charge >= 0.3 is 0 Å². The number of hydrogen-bond donors (Lipinski definition) is 1. The Hall–Kier alpha value is -1.18. The first-order valence-corrected chi connectivity index (χ1v) is 14.1. The Morgan fingerprint density at radius 2 is 1.86 bits per heavy atom. The van der Waals surface area contributed by atoms with E-state index >= 15 is 0 Å². The van der Waals surface area contributed by atoms with Gasteiger partial charge in [-0.2, -0.15) is 0 Å². The summed E-state index contributed by atoms with van der Waals surface area (Å²) in [5.41, 5.74) is 0.0724. The molecule has 8 heteroatoms. The van der Waals surface area contributed by atoms with E-state index in [9.17, 15) is 9.59 Å². The smallest absolute Gasteiger partial charge is 0.246 e. The molecule has 3 saturated carbocycles. The Kier molecular flexibility index (Phi) is 9.21. The Morgan fingerprint density at radius 1 is 1.14 bits per heavy atom. The SMILES string of the molecule is CCNC(=S)N(CCCN(C)C)C(=O)C1CC[C@H]2[C@@H]3CCC4N(C)C(=O)C=C[C@]4(C)[C@@H]3CC[C@]12C.Cl.